The van der Waals surface area contributed by atoms with Gasteiger partial charge in [-0.3, -0.25) is 4.90 Å². The largest absolute Gasteiger partial charge is 0.310 e. The highest BCUT2D eigenvalue weighted by atomic mass is 15.3. The van der Waals surface area contributed by atoms with Gasteiger partial charge in [-0.15, -0.1) is 0 Å². The number of hydrogen-bond donors (Lipinski definition) is 0. The lowest BCUT2D eigenvalue weighted by molar-refractivity contribution is 0.0575. The van der Waals surface area contributed by atoms with E-state index < -0.39 is 0 Å². The maximum atomic E-state index is 5.73. The molecule has 1 heterocycles. The average molecular weight is 208 g/mol. The Morgan fingerprint density at radius 1 is 1.27 bits per heavy atom. The Balaban J connectivity index is 2.59. The van der Waals surface area contributed by atoms with Gasteiger partial charge < -0.3 is 4.90 Å². The number of piperidine rings is 1. The first-order valence-electron chi connectivity index (χ1n) is 6.26. The summed E-state index contributed by atoms with van der Waals surface area (Å²) in [6, 6.07) is 1.96. The molecular formula is C12H25BN2. The van der Waals surface area contributed by atoms with Crippen LogP contribution >= 0.6 is 0 Å². The number of hydrogen-bond acceptors (Lipinski definition) is 2. The van der Waals surface area contributed by atoms with Gasteiger partial charge in [0.05, 0.1) is 7.85 Å². The highest BCUT2D eigenvalue weighted by Gasteiger charge is 2.27. The lowest BCUT2D eigenvalue weighted by atomic mass is 9.98. The zero-order valence-electron chi connectivity index (χ0n) is 10.7. The van der Waals surface area contributed by atoms with Crippen LogP contribution in [0.4, 0.5) is 0 Å². The average Bonchev–Trinajstić information content (AvgIpc) is 2.17. The van der Waals surface area contributed by atoms with E-state index in [1.54, 1.807) is 0 Å². The molecule has 1 aliphatic rings. The molecule has 1 fully saturated rings. The summed E-state index contributed by atoms with van der Waals surface area (Å²) in [5.74, 6) is 0. The second-order valence-electron chi connectivity index (χ2n) is 5.19. The first-order valence-corrected chi connectivity index (χ1v) is 6.26. The zero-order valence-corrected chi connectivity index (χ0v) is 10.7. The van der Waals surface area contributed by atoms with Crippen molar-refractivity contribution in [1.82, 2.24) is 9.80 Å². The molecule has 0 aromatic rings. The van der Waals surface area contributed by atoms with E-state index in [-0.39, 0.29) is 0 Å². The molecule has 0 bridgehead atoms. The van der Waals surface area contributed by atoms with Gasteiger partial charge >= 0.3 is 0 Å². The second-order valence-corrected chi connectivity index (χ2v) is 5.19. The fraction of sp³-hybridized carbons (Fsp3) is 1.00. The van der Waals surface area contributed by atoms with Crippen LogP contribution in [0.3, 0.4) is 0 Å². The summed E-state index contributed by atoms with van der Waals surface area (Å²) >= 11 is 0. The molecule has 15 heavy (non-hydrogen) atoms. The predicted molar refractivity (Wildman–Crippen MR) is 67.3 cm³/mol. The van der Waals surface area contributed by atoms with E-state index in [0.29, 0.717) is 24.6 Å². The zero-order chi connectivity index (χ0) is 11.4. The Bertz CT molecular complexity index is 174. The molecule has 0 saturated carbocycles. The first-order chi connectivity index (χ1) is 7.06. The van der Waals surface area contributed by atoms with Gasteiger partial charge in [0.15, 0.2) is 0 Å². The Kier molecular flexibility index (Phi) is 5.14. The fourth-order valence-corrected chi connectivity index (χ4v) is 2.88. The highest BCUT2D eigenvalue weighted by Crippen LogP contribution is 2.20. The van der Waals surface area contributed by atoms with Gasteiger partial charge in [-0.1, -0.05) is 0 Å². The topological polar surface area (TPSA) is 6.48 Å². The smallest absolute Gasteiger partial charge is 0.0863 e. The monoisotopic (exact) mass is 208 g/mol. The minimum Gasteiger partial charge on any atom is -0.310 e. The maximum absolute atomic E-state index is 5.73. The molecule has 0 amide bonds. The molecule has 1 rings (SSSR count). The van der Waals surface area contributed by atoms with Crippen molar-refractivity contribution in [2.24, 2.45) is 0 Å². The Labute approximate surface area is 96.4 Å². The Morgan fingerprint density at radius 2 is 1.87 bits per heavy atom. The van der Waals surface area contributed by atoms with E-state index in [0.717, 1.165) is 6.54 Å². The molecule has 1 aliphatic heterocycles. The lowest BCUT2D eigenvalue weighted by Gasteiger charge is -2.43. The molecule has 1 unspecified atom stereocenters. The summed E-state index contributed by atoms with van der Waals surface area (Å²) < 4.78 is 0. The number of rotatable bonds is 4. The van der Waals surface area contributed by atoms with Crippen LogP contribution in [0.15, 0.2) is 0 Å². The van der Waals surface area contributed by atoms with E-state index in [1.165, 1.54) is 19.4 Å². The van der Waals surface area contributed by atoms with Crippen molar-refractivity contribution < 1.29 is 0 Å². The normalized spacial score (nSPS) is 24.3. The maximum Gasteiger partial charge on any atom is 0.0863 e. The third-order valence-electron chi connectivity index (χ3n) is 3.35. The van der Waals surface area contributed by atoms with Crippen molar-refractivity contribution in [1.29, 1.82) is 0 Å². The number of likely N-dealkylation sites (tertiary alicyclic amines) is 1. The molecule has 1 saturated heterocycles. The number of nitrogens with zero attached hydrogens (tertiary/aromatic N) is 2. The van der Waals surface area contributed by atoms with Crippen LogP contribution in [-0.4, -0.2) is 55.3 Å². The minimum atomic E-state index is 0.632. The van der Waals surface area contributed by atoms with Crippen LogP contribution in [0.2, 0.25) is 0 Å². The predicted octanol–water partition coefficient (Wildman–Crippen LogP) is 1.70. The Morgan fingerprint density at radius 3 is 2.33 bits per heavy atom. The van der Waals surface area contributed by atoms with E-state index in [9.17, 15) is 0 Å². The summed E-state index contributed by atoms with van der Waals surface area (Å²) in [5, 5.41) is 0. The third-order valence-corrected chi connectivity index (χ3v) is 3.35. The second kappa shape index (κ2) is 5.90. The van der Waals surface area contributed by atoms with Crippen LogP contribution in [0.25, 0.3) is 0 Å². The molecule has 86 valence electrons. The van der Waals surface area contributed by atoms with Crippen molar-refractivity contribution in [3.05, 3.63) is 0 Å². The molecule has 0 aromatic heterocycles. The van der Waals surface area contributed by atoms with Gasteiger partial charge in [-0.25, -0.2) is 0 Å². The standard InChI is InChI=1S/C12H25BN2/c1-10(2)15(11(3)4)12-6-5-7-14(8-12)9-13/h10-12H,5-9H2,1-4H3. The van der Waals surface area contributed by atoms with Crippen molar-refractivity contribution in [2.45, 2.75) is 58.7 Å². The van der Waals surface area contributed by atoms with E-state index in [4.69, 9.17) is 7.85 Å². The van der Waals surface area contributed by atoms with E-state index in [1.807, 2.05) is 0 Å². The van der Waals surface area contributed by atoms with Crippen LogP contribution in [0.1, 0.15) is 40.5 Å². The summed E-state index contributed by atoms with van der Waals surface area (Å²) in [6.07, 6.45) is 3.32. The van der Waals surface area contributed by atoms with Crippen molar-refractivity contribution in [3.8, 4) is 0 Å². The molecule has 0 aliphatic carbocycles. The van der Waals surface area contributed by atoms with Gasteiger partial charge in [-0.05, 0) is 53.5 Å². The molecule has 0 N–H and O–H groups in total. The Hall–Kier alpha value is -0.0151. The molecule has 3 heteroatoms. The van der Waals surface area contributed by atoms with E-state index >= 15 is 0 Å². The van der Waals surface area contributed by atoms with Gasteiger partial charge in [0.25, 0.3) is 0 Å². The fourth-order valence-electron chi connectivity index (χ4n) is 2.88. The molecule has 0 spiro atoms. The first kappa shape index (κ1) is 13.1. The van der Waals surface area contributed by atoms with Crippen molar-refractivity contribution in [2.75, 3.05) is 19.5 Å². The molecule has 2 radical (unpaired) electrons. The van der Waals surface area contributed by atoms with Crippen LogP contribution < -0.4 is 0 Å². The quantitative estimate of drug-likeness (QED) is 0.649. The summed E-state index contributed by atoms with van der Waals surface area (Å²) in [5.41, 5.74) is 0. The van der Waals surface area contributed by atoms with Gasteiger partial charge in [-0.2, -0.15) is 0 Å². The van der Waals surface area contributed by atoms with Crippen LogP contribution in [0.5, 0.6) is 0 Å². The van der Waals surface area contributed by atoms with Crippen molar-refractivity contribution >= 4 is 7.85 Å². The molecule has 0 aromatic carbocycles. The van der Waals surface area contributed by atoms with Crippen molar-refractivity contribution in [3.63, 3.8) is 0 Å². The van der Waals surface area contributed by atoms with Crippen LogP contribution in [0, 0.1) is 0 Å². The third kappa shape index (κ3) is 3.49. The summed E-state index contributed by atoms with van der Waals surface area (Å²) in [7, 11) is 5.73. The van der Waals surface area contributed by atoms with E-state index in [2.05, 4.69) is 37.5 Å². The highest BCUT2D eigenvalue weighted by molar-refractivity contribution is 6.08. The lowest BCUT2D eigenvalue weighted by Crippen LogP contribution is -2.53. The van der Waals surface area contributed by atoms with Gasteiger partial charge in [0.2, 0.25) is 0 Å². The molecular weight excluding hydrogens is 183 g/mol. The SMILES string of the molecule is [B]CN1CCCC(N(C(C)C)C(C)C)C1. The van der Waals surface area contributed by atoms with Gasteiger partial charge in [0, 0.05) is 24.7 Å². The molecule has 2 nitrogen and oxygen atoms in total. The molecule has 1 atom stereocenters. The van der Waals surface area contributed by atoms with Gasteiger partial charge in [0.1, 0.15) is 0 Å². The summed E-state index contributed by atoms with van der Waals surface area (Å²) in [4.78, 5) is 4.99. The summed E-state index contributed by atoms with van der Waals surface area (Å²) in [6.45, 7) is 11.5. The minimum absolute atomic E-state index is 0.632. The van der Waals surface area contributed by atoms with Crippen LogP contribution in [-0.2, 0) is 0 Å².